The highest BCUT2D eigenvalue weighted by Gasteiger charge is 2.30. The van der Waals surface area contributed by atoms with Crippen molar-refractivity contribution >= 4 is 25.7 Å². The first-order valence-electron chi connectivity index (χ1n) is 14.1. The number of sulfonamides is 2. The first-order chi connectivity index (χ1) is 20.4. The number of hydrogen-bond donors (Lipinski definition) is 0. The van der Waals surface area contributed by atoms with E-state index in [-0.39, 0.29) is 29.4 Å². The Morgan fingerprint density at radius 3 is 1.91 bits per heavy atom. The topological polar surface area (TPSA) is 106 Å². The number of methoxy groups -OCH3 is 3. The van der Waals surface area contributed by atoms with Crippen molar-refractivity contribution in [2.75, 3.05) is 66.0 Å². The number of likely N-dealkylation sites (N-methyl/N-ethyl adjacent to an activating group) is 1. The molecule has 0 spiro atoms. The fourth-order valence-electron chi connectivity index (χ4n) is 5.04. The molecular formula is C31H41N3O7S2. The Kier molecular flexibility index (Phi) is 10.3. The summed E-state index contributed by atoms with van der Waals surface area (Å²) in [5.74, 6) is 2.03. The van der Waals surface area contributed by atoms with Crippen LogP contribution in [0.5, 0.6) is 17.2 Å². The van der Waals surface area contributed by atoms with E-state index in [0.29, 0.717) is 48.4 Å². The number of nitrogens with zero attached hydrogens (tertiary/aromatic N) is 3. The second-order valence-electron chi connectivity index (χ2n) is 10.7. The highest BCUT2D eigenvalue weighted by Crippen LogP contribution is 2.34. The summed E-state index contributed by atoms with van der Waals surface area (Å²) in [5.41, 5.74) is 2.60. The van der Waals surface area contributed by atoms with Crippen molar-refractivity contribution < 1.29 is 31.0 Å². The van der Waals surface area contributed by atoms with Crippen LogP contribution >= 0.6 is 0 Å². The van der Waals surface area contributed by atoms with Crippen LogP contribution in [-0.2, 0) is 26.5 Å². The average Bonchev–Trinajstić information content (AvgIpc) is 3.03. The van der Waals surface area contributed by atoms with Crippen molar-refractivity contribution in [3.63, 3.8) is 0 Å². The predicted molar refractivity (Wildman–Crippen MR) is 168 cm³/mol. The van der Waals surface area contributed by atoms with Crippen LogP contribution < -0.4 is 19.1 Å². The van der Waals surface area contributed by atoms with Gasteiger partial charge in [0.1, 0.15) is 5.75 Å². The fraction of sp³-hybridized carbons (Fsp3) is 0.419. The summed E-state index contributed by atoms with van der Waals surface area (Å²) < 4.78 is 72.7. The van der Waals surface area contributed by atoms with E-state index in [1.165, 1.54) is 21.8 Å². The van der Waals surface area contributed by atoms with Gasteiger partial charge in [-0.3, -0.25) is 0 Å². The van der Waals surface area contributed by atoms with Crippen molar-refractivity contribution in [2.45, 2.75) is 36.0 Å². The summed E-state index contributed by atoms with van der Waals surface area (Å²) in [7, 11) is -1.25. The second-order valence-corrected chi connectivity index (χ2v) is 14.7. The van der Waals surface area contributed by atoms with Gasteiger partial charge in [0.2, 0.25) is 20.0 Å². The Morgan fingerprint density at radius 1 is 0.744 bits per heavy atom. The molecule has 0 bridgehead atoms. The molecule has 0 aromatic heterocycles. The third kappa shape index (κ3) is 7.09. The molecule has 234 valence electrons. The molecule has 3 aromatic carbocycles. The molecule has 1 saturated heterocycles. The van der Waals surface area contributed by atoms with Crippen LogP contribution in [0, 0.1) is 0 Å². The lowest BCUT2D eigenvalue weighted by molar-refractivity contribution is 0.354. The van der Waals surface area contributed by atoms with Crippen molar-refractivity contribution in [3.8, 4) is 17.2 Å². The van der Waals surface area contributed by atoms with Gasteiger partial charge in [0.05, 0.1) is 36.8 Å². The van der Waals surface area contributed by atoms with Gasteiger partial charge in [0, 0.05) is 39.8 Å². The number of ether oxygens (including phenoxy) is 3. The summed E-state index contributed by atoms with van der Waals surface area (Å²) in [6.45, 7) is 5.69. The van der Waals surface area contributed by atoms with Crippen LogP contribution in [0.3, 0.4) is 0 Å². The maximum atomic E-state index is 13.6. The van der Waals surface area contributed by atoms with E-state index in [9.17, 15) is 16.8 Å². The normalized spacial score (nSPS) is 14.7. The zero-order chi connectivity index (χ0) is 31.4. The van der Waals surface area contributed by atoms with E-state index in [1.807, 2.05) is 29.2 Å². The molecule has 0 aliphatic carbocycles. The van der Waals surface area contributed by atoms with Crippen LogP contribution in [0.25, 0.3) is 0 Å². The SMILES string of the molecule is COc1ccc(CCN(C)S(=O)(=O)c2ccc(OC)c(N3CCN(S(=O)(=O)c4ccc(C(C)C)cc4)CC3)c2)cc1OC. The molecule has 3 aromatic rings. The molecule has 0 saturated carbocycles. The fourth-order valence-corrected chi connectivity index (χ4v) is 7.66. The number of benzene rings is 3. The third-order valence-corrected chi connectivity index (χ3v) is 11.6. The number of piperazine rings is 1. The molecule has 0 atom stereocenters. The molecule has 10 nitrogen and oxygen atoms in total. The molecule has 4 rings (SSSR count). The lowest BCUT2D eigenvalue weighted by Crippen LogP contribution is -2.48. The molecule has 1 fully saturated rings. The Bertz CT molecular complexity index is 1620. The minimum absolute atomic E-state index is 0.137. The minimum atomic E-state index is -3.81. The van der Waals surface area contributed by atoms with Crippen molar-refractivity contribution in [1.82, 2.24) is 8.61 Å². The number of rotatable bonds is 12. The summed E-state index contributed by atoms with van der Waals surface area (Å²) in [4.78, 5) is 2.38. The molecule has 0 unspecified atom stereocenters. The minimum Gasteiger partial charge on any atom is -0.495 e. The first-order valence-corrected chi connectivity index (χ1v) is 17.0. The van der Waals surface area contributed by atoms with E-state index in [2.05, 4.69) is 13.8 Å². The van der Waals surface area contributed by atoms with Gasteiger partial charge in [0.15, 0.2) is 11.5 Å². The molecule has 1 heterocycles. The van der Waals surface area contributed by atoms with Gasteiger partial charge in [-0.05, 0) is 65.9 Å². The maximum absolute atomic E-state index is 13.6. The summed E-state index contributed by atoms with van der Waals surface area (Å²) in [5, 5.41) is 0. The van der Waals surface area contributed by atoms with Crippen molar-refractivity contribution in [2.24, 2.45) is 0 Å². The van der Waals surface area contributed by atoms with E-state index < -0.39 is 20.0 Å². The Morgan fingerprint density at radius 2 is 1.33 bits per heavy atom. The molecule has 12 heteroatoms. The second kappa shape index (κ2) is 13.5. The smallest absolute Gasteiger partial charge is 0.243 e. The van der Waals surface area contributed by atoms with Crippen LogP contribution in [-0.4, -0.2) is 86.5 Å². The van der Waals surface area contributed by atoms with Gasteiger partial charge in [-0.15, -0.1) is 0 Å². The number of anilines is 1. The molecule has 43 heavy (non-hydrogen) atoms. The van der Waals surface area contributed by atoms with Crippen molar-refractivity contribution in [3.05, 3.63) is 71.8 Å². The van der Waals surface area contributed by atoms with Gasteiger partial charge < -0.3 is 19.1 Å². The Labute approximate surface area is 255 Å². The summed E-state index contributed by atoms with van der Waals surface area (Å²) >= 11 is 0. The van der Waals surface area contributed by atoms with Gasteiger partial charge >= 0.3 is 0 Å². The third-order valence-electron chi connectivity index (χ3n) is 7.79. The van der Waals surface area contributed by atoms with Crippen LogP contribution in [0.2, 0.25) is 0 Å². The van der Waals surface area contributed by atoms with E-state index in [0.717, 1.165) is 11.1 Å². The van der Waals surface area contributed by atoms with Gasteiger partial charge in [0.25, 0.3) is 0 Å². The highest BCUT2D eigenvalue weighted by molar-refractivity contribution is 7.89. The molecule has 1 aliphatic heterocycles. The summed E-state index contributed by atoms with van der Waals surface area (Å²) in [6.07, 6.45) is 0.482. The maximum Gasteiger partial charge on any atom is 0.243 e. The van der Waals surface area contributed by atoms with Crippen LogP contribution in [0.4, 0.5) is 5.69 Å². The predicted octanol–water partition coefficient (Wildman–Crippen LogP) is 4.21. The number of hydrogen-bond acceptors (Lipinski definition) is 8. The molecule has 0 radical (unpaired) electrons. The quantitative estimate of drug-likeness (QED) is 0.293. The lowest BCUT2D eigenvalue weighted by Gasteiger charge is -2.36. The highest BCUT2D eigenvalue weighted by atomic mass is 32.2. The van der Waals surface area contributed by atoms with Crippen LogP contribution in [0.15, 0.2) is 70.5 Å². The standard InChI is InChI=1S/C31H41N3O7S2/c1-23(2)25-8-10-26(11-9-25)43(37,38)34-19-17-33(18-20-34)28-22-27(12-14-29(28)39-4)42(35,36)32(3)16-15-24-7-13-30(40-5)31(21-24)41-6/h7-14,21-23H,15-20H2,1-6H3. The molecule has 1 aliphatic rings. The van der Waals surface area contributed by atoms with E-state index in [4.69, 9.17) is 14.2 Å². The van der Waals surface area contributed by atoms with E-state index >= 15 is 0 Å². The zero-order valence-corrected chi connectivity index (χ0v) is 27.2. The molecule has 0 amide bonds. The average molecular weight is 632 g/mol. The molecular weight excluding hydrogens is 590 g/mol. The largest absolute Gasteiger partial charge is 0.495 e. The van der Waals surface area contributed by atoms with Crippen molar-refractivity contribution in [1.29, 1.82) is 0 Å². The van der Waals surface area contributed by atoms with Gasteiger partial charge in [-0.1, -0.05) is 32.0 Å². The Balaban J connectivity index is 1.47. The molecule has 0 N–H and O–H groups in total. The van der Waals surface area contributed by atoms with E-state index in [1.54, 1.807) is 51.6 Å². The Hall–Kier alpha value is -3.32. The van der Waals surface area contributed by atoms with Gasteiger partial charge in [-0.2, -0.15) is 4.31 Å². The van der Waals surface area contributed by atoms with Crippen LogP contribution in [0.1, 0.15) is 30.9 Å². The monoisotopic (exact) mass is 631 g/mol. The summed E-state index contributed by atoms with van der Waals surface area (Å²) in [6, 6.07) is 17.3. The van der Waals surface area contributed by atoms with Gasteiger partial charge in [-0.25, -0.2) is 21.1 Å². The first kappa shape index (κ1) is 32.6. The zero-order valence-electron chi connectivity index (χ0n) is 25.6. The lowest BCUT2D eigenvalue weighted by atomic mass is 10.0.